The van der Waals surface area contributed by atoms with E-state index in [2.05, 4.69) is 6.07 Å². The number of rotatable bonds is 6. The minimum Gasteiger partial charge on any atom is -0.466 e. The van der Waals surface area contributed by atoms with Crippen LogP contribution in [0.15, 0.2) is 53.7 Å². The molecule has 3 rings (SSSR count). The van der Waals surface area contributed by atoms with Crippen molar-refractivity contribution in [1.82, 2.24) is 4.90 Å². The fourth-order valence-corrected chi connectivity index (χ4v) is 4.48. The first-order valence-electron chi connectivity index (χ1n) is 13.9. The van der Waals surface area contributed by atoms with E-state index in [0.29, 0.717) is 34.1 Å². The molecule has 234 valence electrons. The van der Waals surface area contributed by atoms with Crippen LogP contribution in [-0.2, 0) is 22.1 Å². The van der Waals surface area contributed by atoms with Gasteiger partial charge in [-0.1, -0.05) is 39.8 Å². The summed E-state index contributed by atoms with van der Waals surface area (Å²) in [6.07, 6.45) is -4.21. The summed E-state index contributed by atoms with van der Waals surface area (Å²) < 4.78 is 46.0. The molecule has 2 amide bonds. The van der Waals surface area contributed by atoms with Crippen LogP contribution in [0.1, 0.15) is 62.9 Å². The Kier molecular flexibility index (Phi) is 13.0. The first kappa shape index (κ1) is 36.7. The van der Waals surface area contributed by atoms with Gasteiger partial charge in [-0.2, -0.15) is 18.4 Å². The number of quaternary nitrogens is 1. The minimum absolute atomic E-state index is 0.0825. The zero-order valence-electron chi connectivity index (χ0n) is 26.3. The second-order valence-corrected chi connectivity index (χ2v) is 10.1. The van der Waals surface area contributed by atoms with Crippen molar-refractivity contribution < 1.29 is 32.0 Å². The number of benzene rings is 2. The Morgan fingerprint density at radius 2 is 1.70 bits per heavy atom. The van der Waals surface area contributed by atoms with Crippen LogP contribution in [0, 0.1) is 16.7 Å². The maximum absolute atomic E-state index is 13.5. The number of nitrogens with zero attached hydrogens (tertiary/aromatic N) is 4. The number of hydrogen-bond acceptors (Lipinski definition) is 5. The van der Waals surface area contributed by atoms with E-state index in [1.54, 1.807) is 12.1 Å². The Labute approximate surface area is 252 Å². The number of allylic oxidation sites excluding steroid dienone is 1. The highest BCUT2D eigenvalue weighted by molar-refractivity contribution is 6.10. The summed E-state index contributed by atoms with van der Waals surface area (Å²) in [4.78, 5) is 27.9. The summed E-state index contributed by atoms with van der Waals surface area (Å²) in [5.74, 6) is -1.39. The number of alkyl halides is 3. The second kappa shape index (κ2) is 15.2. The first-order chi connectivity index (χ1) is 20.1. The van der Waals surface area contributed by atoms with Crippen LogP contribution in [0.5, 0.6) is 0 Å². The van der Waals surface area contributed by atoms with Gasteiger partial charge in [0, 0.05) is 17.8 Å². The normalized spacial score (nSPS) is 15.0. The number of amides is 2. The van der Waals surface area contributed by atoms with Gasteiger partial charge in [-0.15, -0.1) is 0 Å². The Bertz CT molecular complexity index is 1390. The summed E-state index contributed by atoms with van der Waals surface area (Å²) in [6.45, 7) is 10.1. The molecule has 1 heterocycles. The zero-order valence-corrected chi connectivity index (χ0v) is 26.3. The number of likely N-dealkylation sites (N-methyl/N-ethyl adjacent to an activating group) is 1. The molecule has 3 N–H and O–H groups in total. The molecule has 0 spiro atoms. The predicted octanol–water partition coefficient (Wildman–Crippen LogP) is 6.20. The summed E-state index contributed by atoms with van der Waals surface area (Å²) in [6, 6.07) is 8.72. The molecule has 2 aromatic rings. The summed E-state index contributed by atoms with van der Waals surface area (Å²) in [5, 5.41) is 18.4. The molecule has 1 aliphatic rings. The molecule has 0 radical (unpaired) electrons. The lowest BCUT2D eigenvalue weighted by Crippen LogP contribution is -2.55. The van der Waals surface area contributed by atoms with Crippen molar-refractivity contribution in [3.8, 4) is 6.07 Å². The third kappa shape index (κ3) is 8.58. The number of guanidine groups is 1. The van der Waals surface area contributed by atoms with Crippen molar-refractivity contribution in [2.45, 2.75) is 53.3 Å². The van der Waals surface area contributed by atoms with Crippen LogP contribution in [0.25, 0.3) is 0 Å². The lowest BCUT2D eigenvalue weighted by atomic mass is 9.87. The second-order valence-electron chi connectivity index (χ2n) is 10.1. The summed E-state index contributed by atoms with van der Waals surface area (Å²) in [7, 11) is 7.09. The number of nitrogens with two attached hydrogens (primary N) is 1. The topological polar surface area (TPSA) is 124 Å². The summed E-state index contributed by atoms with van der Waals surface area (Å²) in [5.41, 5.74) is 6.12. The third-order valence-corrected chi connectivity index (χ3v) is 6.39. The van der Waals surface area contributed by atoms with E-state index in [0.717, 1.165) is 29.0 Å². The number of carbonyl (C=O) groups excluding carboxylic acids is 2. The average molecular weight is 604 g/mol. The fourth-order valence-electron chi connectivity index (χ4n) is 4.48. The molecule has 0 saturated heterocycles. The van der Waals surface area contributed by atoms with Gasteiger partial charge in [0.15, 0.2) is 0 Å². The molecule has 0 aromatic heterocycles. The number of nitriles is 1. The van der Waals surface area contributed by atoms with Gasteiger partial charge in [0.1, 0.15) is 6.04 Å². The van der Waals surface area contributed by atoms with E-state index in [1.807, 2.05) is 48.8 Å². The van der Waals surface area contributed by atoms with E-state index >= 15 is 0 Å². The van der Waals surface area contributed by atoms with E-state index < -0.39 is 35.7 Å². The molecule has 43 heavy (non-hydrogen) atoms. The highest BCUT2D eigenvalue weighted by atomic mass is 19.4. The summed E-state index contributed by atoms with van der Waals surface area (Å²) >= 11 is 0. The molecule has 0 bridgehead atoms. The number of anilines is 1. The first-order valence-corrected chi connectivity index (χ1v) is 13.9. The van der Waals surface area contributed by atoms with Gasteiger partial charge in [0.05, 0.1) is 57.6 Å². The number of ether oxygens (including phenoxy) is 1. The van der Waals surface area contributed by atoms with Crippen LogP contribution < -0.4 is 10.6 Å². The third-order valence-electron chi connectivity index (χ3n) is 6.39. The molecule has 0 fully saturated rings. The molecule has 0 saturated carbocycles. The number of hydrogen-bond donors (Lipinski definition) is 2. The number of methoxy groups -OCH3 is 1. The molecule has 1 atom stereocenters. The van der Waals surface area contributed by atoms with E-state index in [4.69, 9.17) is 15.9 Å². The number of carbonyl (C=O) groups is 2. The van der Waals surface area contributed by atoms with Crippen LogP contribution in [0.2, 0.25) is 0 Å². The smallest absolute Gasteiger partial charge is 0.416 e. The van der Waals surface area contributed by atoms with Gasteiger partial charge in [-0.05, 0) is 48.4 Å². The van der Waals surface area contributed by atoms with Crippen molar-refractivity contribution in [3.05, 3.63) is 76.0 Å². The molecule has 2 aromatic carbocycles. The van der Waals surface area contributed by atoms with Crippen molar-refractivity contribution in [1.29, 1.82) is 10.7 Å². The van der Waals surface area contributed by atoms with E-state index in [9.17, 15) is 28.0 Å². The molecular formula is C31H42F3N6O3+. The van der Waals surface area contributed by atoms with Gasteiger partial charge in [0.25, 0.3) is 0 Å². The van der Waals surface area contributed by atoms with Crippen molar-refractivity contribution in [2.75, 3.05) is 39.7 Å². The highest BCUT2D eigenvalue weighted by Crippen LogP contribution is 2.42. The molecule has 0 unspecified atom stereocenters. The zero-order chi connectivity index (χ0) is 33.3. The number of esters is 1. The van der Waals surface area contributed by atoms with Gasteiger partial charge in [-0.3, -0.25) is 15.2 Å². The molecular weight excluding hydrogens is 561 g/mol. The van der Waals surface area contributed by atoms with Crippen LogP contribution in [0.4, 0.5) is 23.7 Å². The van der Waals surface area contributed by atoms with Gasteiger partial charge in [-0.25, -0.2) is 9.59 Å². The Morgan fingerprint density at radius 1 is 1.09 bits per heavy atom. The quantitative estimate of drug-likeness (QED) is 0.301. The molecule has 12 heteroatoms. The highest BCUT2D eigenvalue weighted by Gasteiger charge is 2.44. The van der Waals surface area contributed by atoms with Gasteiger partial charge < -0.3 is 15.0 Å². The lowest BCUT2D eigenvalue weighted by Gasteiger charge is -2.43. The average Bonchev–Trinajstić information content (AvgIpc) is 2.96. The minimum atomic E-state index is -4.66. The molecule has 9 nitrogen and oxygen atoms in total. The predicted molar refractivity (Wildman–Crippen MR) is 161 cm³/mol. The Morgan fingerprint density at radius 3 is 2.19 bits per heavy atom. The number of urea groups is 1. The molecule has 1 aliphatic heterocycles. The Balaban J connectivity index is 0.00000221. The maximum Gasteiger partial charge on any atom is 0.416 e. The van der Waals surface area contributed by atoms with Crippen molar-refractivity contribution >= 4 is 23.6 Å². The number of nitrogens with one attached hydrogen (secondary N) is 1. The Hall–Kier alpha value is -4.37. The van der Waals surface area contributed by atoms with Gasteiger partial charge >= 0.3 is 18.2 Å². The van der Waals surface area contributed by atoms with Crippen LogP contribution in [0.3, 0.4) is 0 Å². The molecule has 0 aliphatic carbocycles. The standard InChI is InChI=1S/C27H29F3N6O3.2C2H6/c1-16-22(24(37)39-5)23(21-10-9-17(15-31)13-18(21)11-12-36(2,3)4)35(26(33)38)25(32)34(16)20-8-6-7-19(14-20)27(28,29)30;2*1-2/h6-10,13-14,23,32H,11-12H2,1-5H3,(H-,33,38);2*1-2H3/p+1/t23-;;/m1../s1. The van der Waals surface area contributed by atoms with Crippen molar-refractivity contribution in [3.63, 3.8) is 0 Å². The van der Waals surface area contributed by atoms with Crippen molar-refractivity contribution in [2.24, 2.45) is 5.73 Å². The van der Waals surface area contributed by atoms with E-state index in [-0.39, 0.29) is 17.0 Å². The fraction of sp³-hybridized carbons (Fsp3) is 0.419. The largest absolute Gasteiger partial charge is 0.466 e. The lowest BCUT2D eigenvalue weighted by molar-refractivity contribution is -0.870. The number of halogens is 3. The van der Waals surface area contributed by atoms with E-state index in [1.165, 1.54) is 25.1 Å². The maximum atomic E-state index is 13.5. The van der Waals surface area contributed by atoms with Crippen LogP contribution >= 0.6 is 0 Å². The number of primary amides is 1. The monoisotopic (exact) mass is 603 g/mol. The SMILES string of the molecule is CC.CC.COC(=O)C1=C(C)N(c2cccc(C(F)(F)F)c2)C(=N)N(C(N)=O)[C@@H]1c1ccc(C#N)cc1CC[N+](C)(C)C. The van der Waals surface area contributed by atoms with Crippen LogP contribution in [-0.4, -0.2) is 62.1 Å². The van der Waals surface area contributed by atoms with Gasteiger partial charge in [0.2, 0.25) is 5.96 Å².